The number of anilines is 1. The molecule has 2 aromatic rings. The Morgan fingerprint density at radius 2 is 1.75 bits per heavy atom. The maximum atomic E-state index is 6.23. The average molecular weight is 288 g/mol. The maximum Gasteiger partial charge on any atom is 0.0500 e. The summed E-state index contributed by atoms with van der Waals surface area (Å²) >= 11 is 6.23. The molecule has 0 heterocycles. The molecular weight excluding hydrogens is 266 g/mol. The van der Waals surface area contributed by atoms with Crippen LogP contribution in [0.15, 0.2) is 48.5 Å². The third kappa shape index (κ3) is 4.01. The largest absolute Gasteiger partial charge is 0.378 e. The first-order chi connectivity index (χ1) is 9.70. The molecule has 0 spiro atoms. The van der Waals surface area contributed by atoms with Crippen molar-refractivity contribution in [2.75, 3.05) is 5.32 Å². The molecule has 2 aromatic carbocycles. The standard InChI is InChI=1S/C18H22ClN/c1-3-4-7-15-10-12-16(13-11-15)20-14(2)17-8-5-6-9-18(17)19/h5-6,8-14,20H,3-4,7H2,1-2H3. The molecule has 1 atom stereocenters. The molecule has 20 heavy (non-hydrogen) atoms. The molecule has 0 amide bonds. The van der Waals surface area contributed by atoms with Crippen LogP contribution in [0.2, 0.25) is 5.02 Å². The van der Waals surface area contributed by atoms with E-state index < -0.39 is 0 Å². The molecule has 0 fully saturated rings. The first kappa shape index (κ1) is 14.9. The highest BCUT2D eigenvalue weighted by molar-refractivity contribution is 6.31. The van der Waals surface area contributed by atoms with Gasteiger partial charge in [-0.1, -0.05) is 55.3 Å². The molecule has 1 nitrogen and oxygen atoms in total. The van der Waals surface area contributed by atoms with Crippen LogP contribution in [-0.4, -0.2) is 0 Å². The van der Waals surface area contributed by atoms with Crippen LogP contribution >= 0.6 is 11.6 Å². The second-order valence-corrected chi connectivity index (χ2v) is 5.60. The third-order valence-corrected chi connectivity index (χ3v) is 3.87. The van der Waals surface area contributed by atoms with E-state index in [4.69, 9.17) is 11.6 Å². The molecular formula is C18H22ClN. The Morgan fingerprint density at radius 1 is 1.05 bits per heavy atom. The van der Waals surface area contributed by atoms with Crippen molar-refractivity contribution in [2.24, 2.45) is 0 Å². The van der Waals surface area contributed by atoms with E-state index in [1.165, 1.54) is 18.4 Å². The summed E-state index contributed by atoms with van der Waals surface area (Å²) in [4.78, 5) is 0. The molecule has 0 saturated heterocycles. The first-order valence-corrected chi connectivity index (χ1v) is 7.68. The summed E-state index contributed by atoms with van der Waals surface area (Å²) in [6.45, 7) is 4.35. The van der Waals surface area contributed by atoms with Gasteiger partial charge in [0.25, 0.3) is 0 Å². The van der Waals surface area contributed by atoms with Crippen molar-refractivity contribution < 1.29 is 0 Å². The van der Waals surface area contributed by atoms with Crippen molar-refractivity contribution in [1.82, 2.24) is 0 Å². The van der Waals surface area contributed by atoms with Crippen LogP contribution in [0.1, 0.15) is 43.9 Å². The average Bonchev–Trinajstić information content (AvgIpc) is 2.47. The Morgan fingerprint density at radius 3 is 2.40 bits per heavy atom. The van der Waals surface area contributed by atoms with Gasteiger partial charge in [0.2, 0.25) is 0 Å². The first-order valence-electron chi connectivity index (χ1n) is 7.30. The molecule has 2 heteroatoms. The molecule has 0 aromatic heterocycles. The second-order valence-electron chi connectivity index (χ2n) is 5.19. The lowest BCUT2D eigenvalue weighted by molar-refractivity contribution is 0.795. The summed E-state index contributed by atoms with van der Waals surface area (Å²) in [6.07, 6.45) is 3.66. The van der Waals surface area contributed by atoms with Crippen LogP contribution in [0.25, 0.3) is 0 Å². The van der Waals surface area contributed by atoms with E-state index in [0.717, 1.165) is 22.7 Å². The van der Waals surface area contributed by atoms with Gasteiger partial charge in [-0.05, 0) is 49.1 Å². The normalized spacial score (nSPS) is 12.2. The minimum absolute atomic E-state index is 0.199. The van der Waals surface area contributed by atoms with Crippen LogP contribution in [-0.2, 0) is 6.42 Å². The van der Waals surface area contributed by atoms with Crippen molar-refractivity contribution in [1.29, 1.82) is 0 Å². The molecule has 0 aliphatic rings. The highest BCUT2D eigenvalue weighted by Gasteiger charge is 2.08. The topological polar surface area (TPSA) is 12.0 Å². The van der Waals surface area contributed by atoms with Crippen molar-refractivity contribution in [3.05, 3.63) is 64.7 Å². The number of hydrogen-bond donors (Lipinski definition) is 1. The fourth-order valence-corrected chi connectivity index (χ4v) is 2.60. The molecule has 0 bridgehead atoms. The van der Waals surface area contributed by atoms with Gasteiger partial charge in [-0.25, -0.2) is 0 Å². The van der Waals surface area contributed by atoms with Crippen molar-refractivity contribution in [3.63, 3.8) is 0 Å². The van der Waals surface area contributed by atoms with Crippen molar-refractivity contribution in [3.8, 4) is 0 Å². The van der Waals surface area contributed by atoms with Gasteiger partial charge in [0, 0.05) is 16.8 Å². The van der Waals surface area contributed by atoms with E-state index >= 15 is 0 Å². The van der Waals surface area contributed by atoms with Gasteiger partial charge in [0.15, 0.2) is 0 Å². The Labute approximate surface area is 127 Å². The van der Waals surface area contributed by atoms with Gasteiger partial charge >= 0.3 is 0 Å². The second kappa shape index (κ2) is 7.35. The van der Waals surface area contributed by atoms with E-state index in [-0.39, 0.29) is 6.04 Å². The summed E-state index contributed by atoms with van der Waals surface area (Å²) < 4.78 is 0. The fourth-order valence-electron chi connectivity index (χ4n) is 2.30. The lowest BCUT2D eigenvalue weighted by atomic mass is 10.1. The minimum Gasteiger partial charge on any atom is -0.378 e. The highest BCUT2D eigenvalue weighted by Crippen LogP contribution is 2.25. The lowest BCUT2D eigenvalue weighted by Gasteiger charge is -2.17. The molecule has 0 radical (unpaired) electrons. The predicted octanol–water partition coefficient (Wildman–Crippen LogP) is 5.86. The van der Waals surface area contributed by atoms with Gasteiger partial charge in [-0.15, -0.1) is 0 Å². The molecule has 0 aliphatic heterocycles. The van der Waals surface area contributed by atoms with Gasteiger partial charge in [-0.2, -0.15) is 0 Å². The zero-order valence-electron chi connectivity index (χ0n) is 12.2. The van der Waals surface area contributed by atoms with Crippen molar-refractivity contribution >= 4 is 17.3 Å². The zero-order chi connectivity index (χ0) is 14.4. The maximum absolute atomic E-state index is 6.23. The van der Waals surface area contributed by atoms with Gasteiger partial charge in [-0.3, -0.25) is 0 Å². The van der Waals surface area contributed by atoms with Gasteiger partial charge in [0.1, 0.15) is 0 Å². The van der Waals surface area contributed by atoms with E-state index in [0.29, 0.717) is 0 Å². The summed E-state index contributed by atoms with van der Waals surface area (Å²) in [5.41, 5.74) is 3.67. The number of halogens is 1. The number of hydrogen-bond acceptors (Lipinski definition) is 1. The smallest absolute Gasteiger partial charge is 0.0500 e. The van der Waals surface area contributed by atoms with Gasteiger partial charge in [0.05, 0.1) is 0 Å². The fraction of sp³-hybridized carbons (Fsp3) is 0.333. The number of aryl methyl sites for hydroxylation is 1. The molecule has 1 N–H and O–H groups in total. The molecule has 1 unspecified atom stereocenters. The van der Waals surface area contributed by atoms with Crippen molar-refractivity contribution in [2.45, 2.75) is 39.2 Å². The number of unbranched alkanes of at least 4 members (excludes halogenated alkanes) is 1. The zero-order valence-corrected chi connectivity index (χ0v) is 13.0. The quantitative estimate of drug-likeness (QED) is 0.702. The van der Waals surface area contributed by atoms with Crippen LogP contribution in [0.5, 0.6) is 0 Å². The Kier molecular flexibility index (Phi) is 5.49. The van der Waals surface area contributed by atoms with Crippen LogP contribution in [0, 0.1) is 0 Å². The van der Waals surface area contributed by atoms with Gasteiger partial charge < -0.3 is 5.32 Å². The number of rotatable bonds is 6. The Balaban J connectivity index is 2.01. The van der Waals surface area contributed by atoms with E-state index in [9.17, 15) is 0 Å². The molecule has 0 aliphatic carbocycles. The van der Waals surface area contributed by atoms with E-state index in [1.54, 1.807) is 0 Å². The summed E-state index contributed by atoms with van der Waals surface area (Å²) in [5.74, 6) is 0. The summed E-state index contributed by atoms with van der Waals surface area (Å²) in [6, 6.07) is 16.9. The third-order valence-electron chi connectivity index (χ3n) is 3.53. The molecule has 0 saturated carbocycles. The molecule has 2 rings (SSSR count). The minimum atomic E-state index is 0.199. The van der Waals surface area contributed by atoms with E-state index in [2.05, 4.69) is 49.5 Å². The number of nitrogens with one attached hydrogen (secondary N) is 1. The number of benzene rings is 2. The SMILES string of the molecule is CCCCc1ccc(NC(C)c2ccccc2Cl)cc1. The van der Waals surface area contributed by atoms with Crippen LogP contribution < -0.4 is 5.32 Å². The Hall–Kier alpha value is -1.47. The summed E-state index contributed by atoms with van der Waals surface area (Å²) in [7, 11) is 0. The summed E-state index contributed by atoms with van der Waals surface area (Å²) in [5, 5.41) is 4.31. The van der Waals surface area contributed by atoms with Crippen LogP contribution in [0.3, 0.4) is 0 Å². The monoisotopic (exact) mass is 287 g/mol. The van der Waals surface area contributed by atoms with Crippen LogP contribution in [0.4, 0.5) is 5.69 Å². The Bertz CT molecular complexity index is 533. The highest BCUT2D eigenvalue weighted by atomic mass is 35.5. The van der Waals surface area contributed by atoms with E-state index in [1.807, 2.05) is 18.2 Å². The predicted molar refractivity (Wildman–Crippen MR) is 88.5 cm³/mol. The lowest BCUT2D eigenvalue weighted by Crippen LogP contribution is -2.07. The molecule has 106 valence electrons.